The summed E-state index contributed by atoms with van der Waals surface area (Å²) >= 11 is 6.26. The van der Waals surface area contributed by atoms with Crippen LogP contribution in [-0.2, 0) is 9.59 Å². The Bertz CT molecular complexity index is 1390. The number of imide groups is 1. The minimum Gasteiger partial charge on any atom is -0.508 e. The van der Waals surface area contributed by atoms with Crippen molar-refractivity contribution < 1.29 is 29.8 Å². The molecule has 0 radical (unpaired) electrons. The molecule has 0 spiro atoms. The number of anilines is 1. The number of aliphatic hydroxyl groups excluding tert-OH is 2. The standard InChI is InChI=1S/C30H33ClN2O7/c1-3-17(12-19-9-10-22(35)15-25(19)31)8-11-26(36)27-18(4-2)13-23-28(24(27)16-34)30(38)32(29(23)37)20-6-5-7-21(14-20)33(39)40/h5-7,9-10,12,14-15,23-24,26,28,34-36H,3-4,8,11,13,16H2,1-2H3/b17-12+/t23-,24+,26-,28-/m1/s1. The van der Waals surface area contributed by atoms with Crippen molar-refractivity contribution in [1.29, 1.82) is 0 Å². The molecule has 0 aromatic heterocycles. The van der Waals surface area contributed by atoms with Crippen LogP contribution in [0.1, 0.15) is 51.5 Å². The summed E-state index contributed by atoms with van der Waals surface area (Å²) in [6, 6.07) is 10.1. The van der Waals surface area contributed by atoms with Gasteiger partial charge in [0.1, 0.15) is 5.75 Å². The first-order chi connectivity index (χ1) is 19.1. The number of hydrogen-bond donors (Lipinski definition) is 3. The summed E-state index contributed by atoms with van der Waals surface area (Å²) in [4.78, 5) is 38.7. The van der Waals surface area contributed by atoms with Crippen LogP contribution in [0.15, 0.2) is 59.2 Å². The van der Waals surface area contributed by atoms with Crippen LogP contribution in [-0.4, -0.2) is 44.8 Å². The molecule has 4 rings (SSSR count). The molecule has 40 heavy (non-hydrogen) atoms. The largest absolute Gasteiger partial charge is 0.508 e. The molecule has 1 saturated heterocycles. The normalized spacial score (nSPS) is 22.1. The molecular formula is C30H33ClN2O7. The van der Waals surface area contributed by atoms with Gasteiger partial charge in [-0.05, 0) is 67.5 Å². The van der Waals surface area contributed by atoms with E-state index in [2.05, 4.69) is 0 Å². The van der Waals surface area contributed by atoms with Crippen molar-refractivity contribution in [3.8, 4) is 5.75 Å². The molecule has 0 unspecified atom stereocenters. The van der Waals surface area contributed by atoms with Crippen molar-refractivity contribution in [3.63, 3.8) is 0 Å². The molecule has 0 bridgehead atoms. The van der Waals surface area contributed by atoms with E-state index in [0.29, 0.717) is 36.3 Å². The van der Waals surface area contributed by atoms with Crippen LogP contribution in [0, 0.1) is 27.9 Å². The molecule has 1 aliphatic carbocycles. The van der Waals surface area contributed by atoms with Crippen LogP contribution < -0.4 is 4.90 Å². The summed E-state index contributed by atoms with van der Waals surface area (Å²) in [5, 5.41) is 43.2. The van der Waals surface area contributed by atoms with Crippen molar-refractivity contribution in [2.45, 2.75) is 52.1 Å². The number of aromatic hydroxyl groups is 1. The Kier molecular flexibility index (Phi) is 9.08. The highest BCUT2D eigenvalue weighted by molar-refractivity contribution is 6.32. The Morgan fingerprint density at radius 2 is 1.95 bits per heavy atom. The lowest BCUT2D eigenvalue weighted by Gasteiger charge is -2.36. The number of rotatable bonds is 10. The second kappa shape index (κ2) is 12.3. The van der Waals surface area contributed by atoms with Gasteiger partial charge in [0.25, 0.3) is 5.69 Å². The van der Waals surface area contributed by atoms with E-state index in [4.69, 9.17) is 11.6 Å². The molecule has 10 heteroatoms. The van der Waals surface area contributed by atoms with Gasteiger partial charge in [-0.3, -0.25) is 19.7 Å². The molecule has 3 N–H and O–H groups in total. The minimum absolute atomic E-state index is 0.0734. The van der Waals surface area contributed by atoms with Crippen molar-refractivity contribution >= 4 is 40.9 Å². The lowest BCUT2D eigenvalue weighted by Crippen LogP contribution is -2.39. The van der Waals surface area contributed by atoms with Crippen LogP contribution in [0.5, 0.6) is 5.75 Å². The Hall–Kier alpha value is -3.53. The van der Waals surface area contributed by atoms with Crippen LogP contribution in [0.4, 0.5) is 11.4 Å². The van der Waals surface area contributed by atoms with Crippen molar-refractivity contribution in [3.05, 3.63) is 79.9 Å². The summed E-state index contributed by atoms with van der Waals surface area (Å²) in [6.45, 7) is 3.50. The van der Waals surface area contributed by atoms with Crippen molar-refractivity contribution in [2.75, 3.05) is 11.5 Å². The van der Waals surface area contributed by atoms with Gasteiger partial charge >= 0.3 is 0 Å². The summed E-state index contributed by atoms with van der Waals surface area (Å²) in [5.41, 5.74) is 3.13. The number of carbonyl (C=O) groups is 2. The van der Waals surface area contributed by atoms with Gasteiger partial charge in [-0.25, -0.2) is 4.90 Å². The molecule has 2 aromatic rings. The summed E-state index contributed by atoms with van der Waals surface area (Å²) in [6.07, 6.45) is 3.41. The number of halogens is 1. The first-order valence-electron chi connectivity index (χ1n) is 13.4. The number of nitrogens with zero attached hydrogens (tertiary/aromatic N) is 2. The average molecular weight is 569 g/mol. The molecule has 1 fully saturated rings. The van der Waals surface area contributed by atoms with Crippen LogP contribution in [0.3, 0.4) is 0 Å². The van der Waals surface area contributed by atoms with E-state index in [1.165, 1.54) is 30.3 Å². The van der Waals surface area contributed by atoms with Gasteiger partial charge in [0.15, 0.2) is 0 Å². The average Bonchev–Trinajstić information content (AvgIpc) is 3.19. The lowest BCUT2D eigenvalue weighted by molar-refractivity contribution is -0.384. The SMILES string of the molecule is CCC1=C([C@H](O)CC/C(=C/c2ccc(O)cc2Cl)CC)[C@H](CO)[C@@H]2C(=O)N(c3cccc([N+](=O)[O-])c3)C(=O)[C@@H]2C1. The van der Waals surface area contributed by atoms with E-state index in [1.807, 2.05) is 19.9 Å². The first kappa shape index (κ1) is 29.5. The summed E-state index contributed by atoms with van der Waals surface area (Å²) in [5.74, 6) is -3.22. The van der Waals surface area contributed by atoms with E-state index >= 15 is 0 Å². The van der Waals surface area contributed by atoms with Gasteiger partial charge in [-0.2, -0.15) is 0 Å². The molecule has 4 atom stereocenters. The molecule has 0 saturated carbocycles. The number of nitro benzene ring substituents is 1. The number of aliphatic hydroxyl groups is 2. The number of hydrogen-bond acceptors (Lipinski definition) is 7. The number of benzene rings is 2. The number of carbonyl (C=O) groups excluding carboxylic acids is 2. The quantitative estimate of drug-likeness (QED) is 0.150. The second-order valence-electron chi connectivity index (χ2n) is 10.2. The first-order valence-corrected chi connectivity index (χ1v) is 13.8. The zero-order valence-corrected chi connectivity index (χ0v) is 23.2. The molecule has 2 aliphatic rings. The molecule has 1 heterocycles. The fourth-order valence-electron chi connectivity index (χ4n) is 5.98. The predicted octanol–water partition coefficient (Wildman–Crippen LogP) is 5.41. The third kappa shape index (κ3) is 5.68. The fourth-order valence-corrected chi connectivity index (χ4v) is 6.21. The number of amides is 2. The summed E-state index contributed by atoms with van der Waals surface area (Å²) in [7, 11) is 0. The molecule has 2 amide bonds. The van der Waals surface area contributed by atoms with E-state index in [1.54, 1.807) is 12.1 Å². The molecular weight excluding hydrogens is 536 g/mol. The zero-order valence-electron chi connectivity index (χ0n) is 22.4. The van der Waals surface area contributed by atoms with Gasteiger partial charge in [0.05, 0.1) is 40.2 Å². The number of allylic oxidation sites excluding steroid dienone is 2. The smallest absolute Gasteiger partial charge is 0.271 e. The maximum Gasteiger partial charge on any atom is 0.271 e. The van der Waals surface area contributed by atoms with Crippen molar-refractivity contribution in [1.82, 2.24) is 0 Å². The third-order valence-electron chi connectivity index (χ3n) is 8.00. The monoisotopic (exact) mass is 568 g/mol. The van der Waals surface area contributed by atoms with Gasteiger partial charge in [0.2, 0.25) is 11.8 Å². The summed E-state index contributed by atoms with van der Waals surface area (Å²) < 4.78 is 0. The maximum absolute atomic E-state index is 13.6. The minimum atomic E-state index is -0.937. The highest BCUT2D eigenvalue weighted by Crippen LogP contribution is 2.48. The van der Waals surface area contributed by atoms with E-state index in [-0.39, 0.29) is 23.5 Å². The van der Waals surface area contributed by atoms with Crippen molar-refractivity contribution in [2.24, 2.45) is 17.8 Å². The van der Waals surface area contributed by atoms with E-state index < -0.39 is 47.2 Å². The zero-order chi connectivity index (χ0) is 29.1. The van der Waals surface area contributed by atoms with Crippen LogP contribution in [0.2, 0.25) is 5.02 Å². The second-order valence-corrected chi connectivity index (χ2v) is 10.7. The molecule has 9 nitrogen and oxygen atoms in total. The third-order valence-corrected chi connectivity index (χ3v) is 8.33. The predicted molar refractivity (Wildman–Crippen MR) is 152 cm³/mol. The molecule has 2 aromatic carbocycles. The van der Waals surface area contributed by atoms with Crippen LogP contribution >= 0.6 is 11.6 Å². The van der Waals surface area contributed by atoms with E-state index in [0.717, 1.165) is 21.6 Å². The highest BCUT2D eigenvalue weighted by Gasteiger charge is 2.55. The van der Waals surface area contributed by atoms with Gasteiger partial charge < -0.3 is 15.3 Å². The number of phenolic OH excluding ortho intramolecular Hbond substituents is 1. The van der Waals surface area contributed by atoms with Gasteiger partial charge in [0, 0.05) is 18.1 Å². The van der Waals surface area contributed by atoms with Gasteiger partial charge in [-0.15, -0.1) is 0 Å². The highest BCUT2D eigenvalue weighted by atomic mass is 35.5. The van der Waals surface area contributed by atoms with E-state index in [9.17, 15) is 35.0 Å². The Morgan fingerprint density at radius 3 is 2.58 bits per heavy atom. The number of fused-ring (bicyclic) bond motifs is 1. The Balaban J connectivity index is 1.59. The number of non-ortho nitro benzene ring substituents is 1. The number of nitro groups is 1. The number of phenols is 1. The fraction of sp³-hybridized carbons (Fsp3) is 0.400. The topological polar surface area (TPSA) is 141 Å². The molecule has 1 aliphatic heterocycles. The molecule has 212 valence electrons. The Labute approximate surface area is 237 Å². The van der Waals surface area contributed by atoms with Crippen LogP contribution in [0.25, 0.3) is 6.08 Å². The van der Waals surface area contributed by atoms with Gasteiger partial charge in [-0.1, -0.05) is 48.7 Å². The maximum atomic E-state index is 13.6. The Morgan fingerprint density at radius 1 is 1.20 bits per heavy atom. The lowest BCUT2D eigenvalue weighted by atomic mass is 9.67.